The Morgan fingerprint density at radius 2 is 2.07 bits per heavy atom. The van der Waals surface area contributed by atoms with Gasteiger partial charge in [0.2, 0.25) is 0 Å². The molecule has 1 heterocycles. The summed E-state index contributed by atoms with van der Waals surface area (Å²) in [4.78, 5) is 25.0. The molecule has 0 spiro atoms. The van der Waals surface area contributed by atoms with E-state index in [1.165, 1.54) is 16.7 Å². The second kappa shape index (κ2) is 9.75. The number of carboxylic acids is 1. The predicted octanol–water partition coefficient (Wildman–Crippen LogP) is 3.80. The molecule has 0 atom stereocenters. The van der Waals surface area contributed by atoms with Gasteiger partial charge in [0, 0.05) is 6.54 Å². The fourth-order valence-corrected chi connectivity index (χ4v) is 3.62. The van der Waals surface area contributed by atoms with Crippen molar-refractivity contribution in [2.45, 2.75) is 27.2 Å². The van der Waals surface area contributed by atoms with Crippen molar-refractivity contribution in [3.63, 3.8) is 0 Å². The zero-order valence-electron chi connectivity index (χ0n) is 15.6. The van der Waals surface area contributed by atoms with Crippen molar-refractivity contribution in [1.29, 1.82) is 0 Å². The van der Waals surface area contributed by atoms with Crippen molar-refractivity contribution in [1.82, 2.24) is 4.90 Å². The summed E-state index contributed by atoms with van der Waals surface area (Å²) >= 11 is 6.37. The Kier molecular flexibility index (Phi) is 7.67. The third kappa shape index (κ3) is 5.97. The molecule has 1 N–H and O–H groups in total. The molecule has 1 fully saturated rings. The summed E-state index contributed by atoms with van der Waals surface area (Å²) in [6.07, 6.45) is 1.59. The number of hydrogen-bond donors (Lipinski definition) is 1. The van der Waals surface area contributed by atoms with E-state index in [0.717, 1.165) is 5.56 Å². The monoisotopic (exact) mass is 409 g/mol. The molecular formula is C19H23NO5S2. The van der Waals surface area contributed by atoms with E-state index in [0.29, 0.717) is 39.9 Å². The largest absolute Gasteiger partial charge is 0.490 e. The first-order valence-corrected chi connectivity index (χ1v) is 9.91. The first kappa shape index (κ1) is 21.2. The number of rotatable bonds is 9. The van der Waals surface area contributed by atoms with Gasteiger partial charge >= 0.3 is 5.97 Å². The van der Waals surface area contributed by atoms with Gasteiger partial charge < -0.3 is 14.6 Å². The third-order valence-corrected chi connectivity index (χ3v) is 4.94. The average Bonchev–Trinajstić information content (AvgIpc) is 2.86. The summed E-state index contributed by atoms with van der Waals surface area (Å²) in [5, 5.41) is 8.80. The Balaban J connectivity index is 2.20. The molecule has 1 aliphatic rings. The van der Waals surface area contributed by atoms with Crippen LogP contribution in [-0.4, -0.2) is 46.0 Å². The highest BCUT2D eigenvalue weighted by Gasteiger charge is 2.32. The van der Waals surface area contributed by atoms with Gasteiger partial charge in [0.25, 0.3) is 5.91 Å². The van der Waals surface area contributed by atoms with E-state index in [1.807, 2.05) is 25.1 Å². The maximum absolute atomic E-state index is 12.5. The lowest BCUT2D eigenvalue weighted by atomic mass is 10.1. The molecule has 27 heavy (non-hydrogen) atoms. The highest BCUT2D eigenvalue weighted by Crippen LogP contribution is 2.35. The number of carbonyl (C=O) groups is 2. The zero-order valence-corrected chi connectivity index (χ0v) is 17.2. The molecule has 8 heteroatoms. The Morgan fingerprint density at radius 3 is 2.70 bits per heavy atom. The van der Waals surface area contributed by atoms with E-state index >= 15 is 0 Å². The average molecular weight is 410 g/mol. The Labute approximate surface area is 168 Å². The van der Waals surface area contributed by atoms with Crippen molar-refractivity contribution in [2.75, 3.05) is 19.8 Å². The zero-order chi connectivity index (χ0) is 20.0. The van der Waals surface area contributed by atoms with Gasteiger partial charge in [-0.1, -0.05) is 43.9 Å². The van der Waals surface area contributed by atoms with Crippen LogP contribution in [0.3, 0.4) is 0 Å². The van der Waals surface area contributed by atoms with Gasteiger partial charge in [-0.05, 0) is 36.6 Å². The smallest absolute Gasteiger partial charge is 0.305 e. The summed E-state index contributed by atoms with van der Waals surface area (Å²) in [5.74, 6) is 0.437. The van der Waals surface area contributed by atoms with Gasteiger partial charge in [-0.15, -0.1) is 0 Å². The number of benzene rings is 1. The molecule has 0 bridgehead atoms. The summed E-state index contributed by atoms with van der Waals surface area (Å²) in [6.45, 7) is 7.19. The molecule has 1 amide bonds. The van der Waals surface area contributed by atoms with Crippen LogP contribution in [0.5, 0.6) is 11.5 Å². The second-order valence-corrected chi connectivity index (χ2v) is 8.00. The highest BCUT2D eigenvalue weighted by atomic mass is 32.2. The van der Waals surface area contributed by atoms with Gasteiger partial charge in [0.05, 0.1) is 24.5 Å². The lowest BCUT2D eigenvalue weighted by Gasteiger charge is -2.14. The van der Waals surface area contributed by atoms with Gasteiger partial charge in [0.1, 0.15) is 4.32 Å². The van der Waals surface area contributed by atoms with E-state index < -0.39 is 5.97 Å². The van der Waals surface area contributed by atoms with Crippen LogP contribution < -0.4 is 9.47 Å². The maximum atomic E-state index is 12.5. The molecule has 2 rings (SSSR count). The first-order chi connectivity index (χ1) is 12.8. The molecule has 1 aromatic rings. The van der Waals surface area contributed by atoms with E-state index in [2.05, 4.69) is 13.8 Å². The summed E-state index contributed by atoms with van der Waals surface area (Å²) < 4.78 is 11.8. The number of carbonyl (C=O) groups excluding carboxylic acids is 1. The van der Waals surface area contributed by atoms with Crippen LogP contribution in [0.1, 0.15) is 32.8 Å². The number of hydrogen-bond acceptors (Lipinski definition) is 6. The van der Waals surface area contributed by atoms with E-state index in [4.69, 9.17) is 26.8 Å². The molecule has 0 saturated carbocycles. The van der Waals surface area contributed by atoms with E-state index in [1.54, 1.807) is 6.08 Å². The van der Waals surface area contributed by atoms with Gasteiger partial charge in [-0.25, -0.2) is 0 Å². The minimum atomic E-state index is -0.966. The molecule has 1 aromatic carbocycles. The van der Waals surface area contributed by atoms with Gasteiger partial charge in [0.15, 0.2) is 11.5 Å². The number of nitrogens with zero attached hydrogens (tertiary/aromatic N) is 1. The normalized spacial score (nSPS) is 15.7. The molecule has 0 aromatic heterocycles. The molecule has 6 nitrogen and oxygen atoms in total. The lowest BCUT2D eigenvalue weighted by molar-refractivity contribution is -0.137. The molecule has 146 valence electrons. The number of thioether (sulfide) groups is 1. The number of carboxylic acid groups (broad SMARTS) is 1. The van der Waals surface area contributed by atoms with Crippen LogP contribution >= 0.6 is 24.0 Å². The minimum Gasteiger partial charge on any atom is -0.490 e. The summed E-state index contributed by atoms with van der Waals surface area (Å²) in [7, 11) is 0. The lowest BCUT2D eigenvalue weighted by Crippen LogP contribution is -2.30. The van der Waals surface area contributed by atoms with Crippen LogP contribution in [0.4, 0.5) is 0 Å². The van der Waals surface area contributed by atoms with E-state index in [9.17, 15) is 9.59 Å². The molecule has 0 unspecified atom stereocenters. The fraction of sp³-hybridized carbons (Fsp3) is 0.421. The Morgan fingerprint density at radius 1 is 1.33 bits per heavy atom. The SMILES string of the molecule is CCOc1cc(/C=C2\SC(=S)N(CCC(=O)O)C2=O)ccc1OCC(C)C. The van der Waals surface area contributed by atoms with Crippen LogP contribution in [0.15, 0.2) is 23.1 Å². The summed E-state index contributed by atoms with van der Waals surface area (Å²) in [5.41, 5.74) is 0.786. The van der Waals surface area contributed by atoms with Crippen LogP contribution in [0, 0.1) is 5.92 Å². The minimum absolute atomic E-state index is 0.0729. The van der Waals surface area contributed by atoms with Crippen LogP contribution in [0.2, 0.25) is 0 Å². The maximum Gasteiger partial charge on any atom is 0.305 e. The van der Waals surface area contributed by atoms with E-state index in [-0.39, 0.29) is 18.9 Å². The molecule has 0 aliphatic carbocycles. The second-order valence-electron chi connectivity index (χ2n) is 6.32. The van der Waals surface area contributed by atoms with Gasteiger partial charge in [-0.3, -0.25) is 14.5 Å². The molecule has 1 aliphatic heterocycles. The molecule has 1 saturated heterocycles. The van der Waals surface area contributed by atoms with Crippen LogP contribution in [0.25, 0.3) is 6.08 Å². The number of amides is 1. The quantitative estimate of drug-likeness (QED) is 0.491. The fourth-order valence-electron chi connectivity index (χ4n) is 2.31. The topological polar surface area (TPSA) is 76.1 Å². The predicted molar refractivity (Wildman–Crippen MR) is 110 cm³/mol. The molecule has 0 radical (unpaired) electrons. The van der Waals surface area contributed by atoms with Crippen molar-refractivity contribution < 1.29 is 24.2 Å². The van der Waals surface area contributed by atoms with Crippen molar-refractivity contribution in [3.05, 3.63) is 28.7 Å². The van der Waals surface area contributed by atoms with Crippen molar-refractivity contribution in [3.8, 4) is 11.5 Å². The molecular weight excluding hydrogens is 386 g/mol. The first-order valence-electron chi connectivity index (χ1n) is 8.68. The van der Waals surface area contributed by atoms with Crippen molar-refractivity contribution in [2.24, 2.45) is 5.92 Å². The Hall–Kier alpha value is -2.06. The standard InChI is InChI=1S/C19H23NO5S2/c1-4-24-15-9-13(5-6-14(15)25-11-12(2)3)10-16-18(23)20(19(26)27-16)8-7-17(21)22/h5-6,9-10,12H,4,7-8,11H2,1-3H3,(H,21,22)/b16-10-. The number of ether oxygens (including phenoxy) is 2. The van der Waals surface area contributed by atoms with Crippen molar-refractivity contribution >= 4 is 46.3 Å². The Bertz CT molecular complexity index is 760. The highest BCUT2D eigenvalue weighted by molar-refractivity contribution is 8.26. The number of thiocarbonyl (C=S) groups is 1. The van der Waals surface area contributed by atoms with Gasteiger partial charge in [-0.2, -0.15) is 0 Å². The summed E-state index contributed by atoms with van der Waals surface area (Å²) in [6, 6.07) is 5.50. The third-order valence-electron chi connectivity index (χ3n) is 3.56. The van der Waals surface area contributed by atoms with Crippen LogP contribution in [-0.2, 0) is 9.59 Å². The number of aliphatic carboxylic acids is 1.